The molecule has 0 atom stereocenters. The molecule has 3 aromatic rings. The number of nitrogens with one attached hydrogen (secondary N) is 1. The standard InChI is InChI=1S/C20H19N3O3S/c1-20(2,3)15-8-4-13(5-9-15)17-12-27-19(21-17)22-18(24)14-6-10-16(11-7-14)23(25)26/h4-12H,1-3H3,(H,21,22,24). The summed E-state index contributed by atoms with van der Waals surface area (Å²) in [6.45, 7) is 6.49. The first kappa shape index (κ1) is 18.7. The normalized spacial score (nSPS) is 11.2. The minimum absolute atomic E-state index is 0.0539. The number of carbonyl (C=O) groups excluding carboxylic acids is 1. The second kappa shape index (κ2) is 7.28. The minimum Gasteiger partial charge on any atom is -0.298 e. The molecule has 2 aromatic carbocycles. The molecule has 6 nitrogen and oxygen atoms in total. The van der Waals surface area contributed by atoms with Crippen LogP contribution < -0.4 is 5.32 Å². The average molecular weight is 381 g/mol. The molecule has 3 rings (SSSR count). The number of non-ortho nitro benzene ring substituents is 1. The molecule has 0 unspecified atom stereocenters. The van der Waals surface area contributed by atoms with Gasteiger partial charge in [0.2, 0.25) is 0 Å². The summed E-state index contributed by atoms with van der Waals surface area (Å²) >= 11 is 1.33. The quantitative estimate of drug-likeness (QED) is 0.493. The van der Waals surface area contributed by atoms with E-state index in [0.717, 1.165) is 11.3 Å². The van der Waals surface area contributed by atoms with Crippen molar-refractivity contribution in [3.63, 3.8) is 0 Å². The number of anilines is 1. The molecule has 0 fully saturated rings. The third-order valence-corrected chi connectivity index (χ3v) is 4.87. The summed E-state index contributed by atoms with van der Waals surface area (Å²) < 4.78 is 0. The summed E-state index contributed by atoms with van der Waals surface area (Å²) in [6.07, 6.45) is 0. The largest absolute Gasteiger partial charge is 0.298 e. The van der Waals surface area contributed by atoms with Crippen LogP contribution in [0.2, 0.25) is 0 Å². The molecule has 0 saturated carbocycles. The van der Waals surface area contributed by atoms with Gasteiger partial charge in [-0.1, -0.05) is 45.0 Å². The fourth-order valence-corrected chi connectivity index (χ4v) is 3.22. The molecule has 0 spiro atoms. The molecule has 1 N–H and O–H groups in total. The molecule has 27 heavy (non-hydrogen) atoms. The molecule has 1 aromatic heterocycles. The number of nitro groups is 1. The van der Waals surface area contributed by atoms with Crippen molar-refractivity contribution in [3.8, 4) is 11.3 Å². The van der Waals surface area contributed by atoms with E-state index >= 15 is 0 Å². The SMILES string of the molecule is CC(C)(C)c1ccc(-c2csc(NC(=O)c3ccc([N+](=O)[O-])cc3)n2)cc1. The molecule has 1 amide bonds. The number of hydrogen-bond donors (Lipinski definition) is 1. The molecule has 0 aliphatic rings. The van der Waals surface area contributed by atoms with Crippen molar-refractivity contribution in [2.75, 3.05) is 5.32 Å². The van der Waals surface area contributed by atoms with Gasteiger partial charge in [0, 0.05) is 28.6 Å². The Morgan fingerprint density at radius 3 is 2.26 bits per heavy atom. The maximum Gasteiger partial charge on any atom is 0.269 e. The Hall–Kier alpha value is -3.06. The number of nitro benzene ring substituents is 1. The van der Waals surface area contributed by atoms with E-state index in [0.29, 0.717) is 10.7 Å². The average Bonchev–Trinajstić information content (AvgIpc) is 3.09. The van der Waals surface area contributed by atoms with Crippen LogP contribution >= 0.6 is 11.3 Å². The number of thiazole rings is 1. The number of rotatable bonds is 4. The number of nitrogens with zero attached hydrogens (tertiary/aromatic N) is 2. The van der Waals surface area contributed by atoms with Crippen LogP contribution in [-0.4, -0.2) is 15.8 Å². The van der Waals surface area contributed by atoms with Crippen molar-refractivity contribution in [3.05, 3.63) is 75.2 Å². The van der Waals surface area contributed by atoms with Crippen molar-refractivity contribution in [2.24, 2.45) is 0 Å². The van der Waals surface area contributed by atoms with Gasteiger partial charge in [-0.3, -0.25) is 20.2 Å². The highest BCUT2D eigenvalue weighted by molar-refractivity contribution is 7.14. The lowest BCUT2D eigenvalue weighted by Gasteiger charge is -2.18. The van der Waals surface area contributed by atoms with Crippen molar-refractivity contribution in [1.82, 2.24) is 4.98 Å². The van der Waals surface area contributed by atoms with Gasteiger partial charge in [0.25, 0.3) is 11.6 Å². The summed E-state index contributed by atoms with van der Waals surface area (Å²) in [6, 6.07) is 13.7. The van der Waals surface area contributed by atoms with Gasteiger partial charge < -0.3 is 0 Å². The highest BCUT2D eigenvalue weighted by atomic mass is 32.1. The minimum atomic E-state index is -0.500. The fourth-order valence-electron chi connectivity index (χ4n) is 2.51. The molecule has 7 heteroatoms. The molecular formula is C20H19N3O3S. The smallest absolute Gasteiger partial charge is 0.269 e. The lowest BCUT2D eigenvalue weighted by molar-refractivity contribution is -0.384. The maximum atomic E-state index is 12.3. The van der Waals surface area contributed by atoms with Gasteiger partial charge in [0.05, 0.1) is 10.6 Å². The first-order chi connectivity index (χ1) is 12.7. The van der Waals surface area contributed by atoms with Gasteiger partial charge in [-0.15, -0.1) is 11.3 Å². The highest BCUT2D eigenvalue weighted by Crippen LogP contribution is 2.28. The number of benzene rings is 2. The van der Waals surface area contributed by atoms with Crippen molar-refractivity contribution < 1.29 is 9.72 Å². The van der Waals surface area contributed by atoms with Gasteiger partial charge >= 0.3 is 0 Å². The fraction of sp³-hybridized carbons (Fsp3) is 0.200. The predicted molar refractivity (Wildman–Crippen MR) is 107 cm³/mol. The van der Waals surface area contributed by atoms with Crippen molar-refractivity contribution >= 4 is 28.1 Å². The second-order valence-electron chi connectivity index (χ2n) is 7.12. The third-order valence-electron chi connectivity index (χ3n) is 4.11. The summed E-state index contributed by atoms with van der Waals surface area (Å²) in [5.74, 6) is -0.353. The molecule has 0 aliphatic heterocycles. The topological polar surface area (TPSA) is 85.1 Å². The first-order valence-electron chi connectivity index (χ1n) is 8.36. The van der Waals surface area contributed by atoms with E-state index in [4.69, 9.17) is 0 Å². The Labute approximate surface area is 161 Å². The van der Waals surface area contributed by atoms with Gasteiger partial charge in [0.1, 0.15) is 0 Å². The number of aromatic nitrogens is 1. The Kier molecular flexibility index (Phi) is 5.05. The zero-order valence-corrected chi connectivity index (χ0v) is 16.0. The van der Waals surface area contributed by atoms with Crippen LogP contribution in [0.5, 0.6) is 0 Å². The van der Waals surface area contributed by atoms with Crippen molar-refractivity contribution in [1.29, 1.82) is 0 Å². The predicted octanol–water partition coefficient (Wildman–Crippen LogP) is 5.27. The third kappa shape index (κ3) is 4.38. The Balaban J connectivity index is 1.72. The molecule has 0 radical (unpaired) electrons. The van der Waals surface area contributed by atoms with E-state index in [1.54, 1.807) is 0 Å². The van der Waals surface area contributed by atoms with Crippen LogP contribution in [0.3, 0.4) is 0 Å². The van der Waals surface area contributed by atoms with Crippen LogP contribution in [0, 0.1) is 10.1 Å². The van der Waals surface area contributed by atoms with E-state index in [2.05, 4.69) is 43.2 Å². The second-order valence-corrected chi connectivity index (χ2v) is 7.98. The molecular weight excluding hydrogens is 362 g/mol. The summed E-state index contributed by atoms with van der Waals surface area (Å²) in [4.78, 5) is 26.9. The molecule has 138 valence electrons. The first-order valence-corrected chi connectivity index (χ1v) is 9.24. The van der Waals surface area contributed by atoms with Gasteiger partial charge in [-0.2, -0.15) is 0 Å². The van der Waals surface area contributed by atoms with E-state index in [9.17, 15) is 14.9 Å². The lowest BCUT2D eigenvalue weighted by Crippen LogP contribution is -2.11. The van der Waals surface area contributed by atoms with Crippen LogP contribution in [0.1, 0.15) is 36.7 Å². The molecule has 0 aliphatic carbocycles. The highest BCUT2D eigenvalue weighted by Gasteiger charge is 2.15. The summed E-state index contributed by atoms with van der Waals surface area (Å²) in [5, 5.41) is 15.8. The molecule has 0 saturated heterocycles. The Morgan fingerprint density at radius 1 is 1.07 bits per heavy atom. The number of amides is 1. The van der Waals surface area contributed by atoms with Crippen LogP contribution in [0.15, 0.2) is 53.9 Å². The van der Waals surface area contributed by atoms with Crippen LogP contribution in [0.25, 0.3) is 11.3 Å². The van der Waals surface area contributed by atoms with E-state index in [1.807, 2.05) is 17.5 Å². The molecule has 1 heterocycles. The maximum absolute atomic E-state index is 12.3. The van der Waals surface area contributed by atoms with Gasteiger partial charge in [-0.25, -0.2) is 4.98 Å². The monoisotopic (exact) mass is 381 g/mol. The van der Waals surface area contributed by atoms with Crippen molar-refractivity contribution in [2.45, 2.75) is 26.2 Å². The van der Waals surface area contributed by atoms with E-state index < -0.39 is 4.92 Å². The Morgan fingerprint density at radius 2 is 1.70 bits per heavy atom. The van der Waals surface area contributed by atoms with Crippen LogP contribution in [-0.2, 0) is 5.41 Å². The Bertz CT molecular complexity index is 971. The van der Waals surface area contributed by atoms with E-state index in [-0.39, 0.29) is 17.0 Å². The zero-order chi connectivity index (χ0) is 19.6. The number of carbonyl (C=O) groups is 1. The van der Waals surface area contributed by atoms with E-state index in [1.165, 1.54) is 41.2 Å². The molecule has 0 bridgehead atoms. The van der Waals surface area contributed by atoms with Gasteiger partial charge in [-0.05, 0) is 23.1 Å². The summed E-state index contributed by atoms with van der Waals surface area (Å²) in [5.41, 5.74) is 3.39. The summed E-state index contributed by atoms with van der Waals surface area (Å²) in [7, 11) is 0. The van der Waals surface area contributed by atoms with Gasteiger partial charge in [0.15, 0.2) is 5.13 Å². The number of hydrogen-bond acceptors (Lipinski definition) is 5. The zero-order valence-electron chi connectivity index (χ0n) is 15.2. The van der Waals surface area contributed by atoms with Crippen LogP contribution in [0.4, 0.5) is 10.8 Å². The lowest BCUT2D eigenvalue weighted by atomic mass is 9.86.